The molecule has 0 unspecified atom stereocenters. The Balaban J connectivity index is 1.65. The van der Waals surface area contributed by atoms with Gasteiger partial charge in [-0.15, -0.1) is 0 Å². The van der Waals surface area contributed by atoms with Gasteiger partial charge in [-0.3, -0.25) is 4.79 Å². The Bertz CT molecular complexity index is 726. The maximum atomic E-state index is 11.9. The molecule has 0 amide bonds. The summed E-state index contributed by atoms with van der Waals surface area (Å²) >= 11 is 0. The highest BCUT2D eigenvalue weighted by Crippen LogP contribution is 2.07. The molecule has 116 valence electrons. The van der Waals surface area contributed by atoms with Crippen LogP contribution in [0.4, 0.5) is 0 Å². The van der Waals surface area contributed by atoms with Gasteiger partial charge in [-0.05, 0) is 36.8 Å². The molecule has 1 heterocycles. The van der Waals surface area contributed by atoms with Crippen LogP contribution in [0.5, 0.6) is 0 Å². The Morgan fingerprint density at radius 2 is 1.04 bits per heavy atom. The second-order valence-corrected chi connectivity index (χ2v) is 5.84. The first kappa shape index (κ1) is 15.3. The van der Waals surface area contributed by atoms with Crippen molar-refractivity contribution in [2.45, 2.75) is 25.7 Å². The van der Waals surface area contributed by atoms with Crippen molar-refractivity contribution in [1.82, 2.24) is 4.98 Å². The maximum Gasteiger partial charge on any atom is 0.182 e. The third-order valence-electron chi connectivity index (χ3n) is 4.01. The predicted octanol–water partition coefficient (Wildman–Crippen LogP) is 3.95. The summed E-state index contributed by atoms with van der Waals surface area (Å²) in [5.74, 6) is 0. The number of nitrogens with one attached hydrogen (secondary N) is 1. The highest BCUT2D eigenvalue weighted by atomic mass is 16.1. The average molecular weight is 303 g/mol. The van der Waals surface area contributed by atoms with Gasteiger partial charge in [-0.25, -0.2) is 0 Å². The molecule has 2 nitrogen and oxygen atoms in total. The molecule has 0 saturated carbocycles. The number of H-pyrrole nitrogens is 1. The van der Waals surface area contributed by atoms with Crippen molar-refractivity contribution in [2.24, 2.45) is 0 Å². The number of hydrogen-bond donors (Lipinski definition) is 1. The van der Waals surface area contributed by atoms with E-state index in [4.69, 9.17) is 0 Å². The van der Waals surface area contributed by atoms with E-state index in [1.54, 1.807) is 12.1 Å². The molecule has 2 heteroatoms. The van der Waals surface area contributed by atoms with E-state index in [0.717, 1.165) is 37.1 Å². The van der Waals surface area contributed by atoms with Gasteiger partial charge in [0.1, 0.15) is 0 Å². The lowest BCUT2D eigenvalue weighted by Gasteiger charge is -2.07. The highest BCUT2D eigenvalue weighted by molar-refractivity contribution is 5.20. The van der Waals surface area contributed by atoms with Gasteiger partial charge in [0.2, 0.25) is 0 Å². The van der Waals surface area contributed by atoms with Crippen LogP contribution in [0.1, 0.15) is 22.5 Å². The monoisotopic (exact) mass is 303 g/mol. The molecule has 3 aromatic rings. The smallest absolute Gasteiger partial charge is 0.182 e. The van der Waals surface area contributed by atoms with E-state index >= 15 is 0 Å². The van der Waals surface area contributed by atoms with Crippen LogP contribution in [-0.2, 0) is 25.7 Å². The number of aromatic nitrogens is 1. The molecule has 0 spiro atoms. The van der Waals surface area contributed by atoms with Crippen LogP contribution in [0, 0.1) is 0 Å². The molecule has 0 fully saturated rings. The lowest BCUT2D eigenvalue weighted by Crippen LogP contribution is -2.08. The molecule has 0 atom stereocenters. The first-order chi connectivity index (χ1) is 11.3. The fourth-order valence-electron chi connectivity index (χ4n) is 2.78. The van der Waals surface area contributed by atoms with E-state index in [2.05, 4.69) is 29.2 Å². The summed E-state index contributed by atoms with van der Waals surface area (Å²) in [6.45, 7) is 0. The summed E-state index contributed by atoms with van der Waals surface area (Å²) in [7, 11) is 0. The van der Waals surface area contributed by atoms with E-state index in [1.807, 2.05) is 36.4 Å². The highest BCUT2D eigenvalue weighted by Gasteiger charge is 2.02. The topological polar surface area (TPSA) is 32.9 Å². The molecule has 0 radical (unpaired) electrons. The SMILES string of the molecule is O=c1cc(CCc2ccccc2)[nH]c(CCc2ccccc2)c1. The molecular weight excluding hydrogens is 282 g/mol. The van der Waals surface area contributed by atoms with Crippen LogP contribution in [0.2, 0.25) is 0 Å². The van der Waals surface area contributed by atoms with E-state index in [1.165, 1.54) is 11.1 Å². The Morgan fingerprint density at radius 1 is 0.609 bits per heavy atom. The zero-order chi connectivity index (χ0) is 15.9. The first-order valence-electron chi connectivity index (χ1n) is 8.09. The second kappa shape index (κ2) is 7.59. The molecule has 2 aromatic carbocycles. The van der Waals surface area contributed by atoms with Gasteiger partial charge in [0, 0.05) is 23.5 Å². The van der Waals surface area contributed by atoms with Crippen LogP contribution in [0.15, 0.2) is 77.6 Å². The van der Waals surface area contributed by atoms with Crippen LogP contribution in [-0.4, -0.2) is 4.98 Å². The first-order valence-corrected chi connectivity index (χ1v) is 8.09. The van der Waals surface area contributed by atoms with Crippen LogP contribution < -0.4 is 5.43 Å². The summed E-state index contributed by atoms with van der Waals surface area (Å²) in [6.07, 6.45) is 3.61. The molecule has 23 heavy (non-hydrogen) atoms. The van der Waals surface area contributed by atoms with Gasteiger partial charge in [-0.1, -0.05) is 60.7 Å². The quantitative estimate of drug-likeness (QED) is 0.735. The van der Waals surface area contributed by atoms with Crippen molar-refractivity contribution in [3.05, 3.63) is 106 Å². The second-order valence-electron chi connectivity index (χ2n) is 5.84. The number of rotatable bonds is 6. The number of aromatic amines is 1. The zero-order valence-corrected chi connectivity index (χ0v) is 13.2. The molecule has 0 aliphatic carbocycles. The summed E-state index contributed by atoms with van der Waals surface area (Å²) < 4.78 is 0. The van der Waals surface area contributed by atoms with Crippen LogP contribution in [0.3, 0.4) is 0 Å². The molecule has 0 bridgehead atoms. The number of pyridine rings is 1. The summed E-state index contributed by atoms with van der Waals surface area (Å²) in [4.78, 5) is 15.3. The third-order valence-corrected chi connectivity index (χ3v) is 4.01. The van der Waals surface area contributed by atoms with Crippen molar-refractivity contribution >= 4 is 0 Å². The van der Waals surface area contributed by atoms with Gasteiger partial charge in [0.25, 0.3) is 0 Å². The van der Waals surface area contributed by atoms with Gasteiger partial charge in [-0.2, -0.15) is 0 Å². The minimum absolute atomic E-state index is 0.0925. The molecule has 0 aliphatic rings. The number of hydrogen-bond acceptors (Lipinski definition) is 1. The van der Waals surface area contributed by atoms with Gasteiger partial charge in [0.05, 0.1) is 0 Å². The summed E-state index contributed by atoms with van der Waals surface area (Å²) in [5, 5.41) is 0. The van der Waals surface area contributed by atoms with Crippen molar-refractivity contribution in [3.63, 3.8) is 0 Å². The summed E-state index contributed by atoms with van der Waals surface area (Å²) in [5.41, 5.74) is 4.72. The third kappa shape index (κ3) is 4.68. The zero-order valence-electron chi connectivity index (χ0n) is 13.2. The fourth-order valence-corrected chi connectivity index (χ4v) is 2.78. The van der Waals surface area contributed by atoms with E-state index in [0.29, 0.717) is 0 Å². The average Bonchev–Trinajstić information content (AvgIpc) is 2.60. The van der Waals surface area contributed by atoms with E-state index in [9.17, 15) is 4.79 Å². The Labute approximate surface area is 136 Å². The minimum Gasteiger partial charge on any atom is -0.362 e. The Morgan fingerprint density at radius 3 is 1.48 bits per heavy atom. The van der Waals surface area contributed by atoms with Crippen molar-refractivity contribution in [3.8, 4) is 0 Å². The molecular formula is C21H21NO. The predicted molar refractivity (Wildman–Crippen MR) is 94.8 cm³/mol. The molecule has 1 N–H and O–H groups in total. The lowest BCUT2D eigenvalue weighted by atomic mass is 10.1. The lowest BCUT2D eigenvalue weighted by molar-refractivity contribution is 0.853. The summed E-state index contributed by atoms with van der Waals surface area (Å²) in [6, 6.07) is 24.2. The van der Waals surface area contributed by atoms with Crippen LogP contribution >= 0.6 is 0 Å². The van der Waals surface area contributed by atoms with Gasteiger partial charge in [0.15, 0.2) is 5.43 Å². The standard InChI is InChI=1S/C21H21NO/c23-21-15-19(13-11-17-7-3-1-4-8-17)22-20(16-21)14-12-18-9-5-2-6-10-18/h1-10,15-16H,11-14H2,(H,22,23). The van der Waals surface area contributed by atoms with Crippen LogP contribution in [0.25, 0.3) is 0 Å². The molecule has 0 saturated heterocycles. The normalized spacial score (nSPS) is 10.6. The van der Waals surface area contributed by atoms with E-state index in [-0.39, 0.29) is 5.43 Å². The van der Waals surface area contributed by atoms with Crippen molar-refractivity contribution in [1.29, 1.82) is 0 Å². The Hall–Kier alpha value is -2.61. The van der Waals surface area contributed by atoms with Gasteiger partial charge >= 0.3 is 0 Å². The number of aryl methyl sites for hydroxylation is 4. The van der Waals surface area contributed by atoms with E-state index < -0.39 is 0 Å². The largest absolute Gasteiger partial charge is 0.362 e. The molecule has 1 aromatic heterocycles. The van der Waals surface area contributed by atoms with Gasteiger partial charge < -0.3 is 4.98 Å². The molecule has 3 rings (SSSR count). The Kier molecular flexibility index (Phi) is 5.05. The minimum atomic E-state index is 0.0925. The maximum absolute atomic E-state index is 11.9. The fraction of sp³-hybridized carbons (Fsp3) is 0.190. The van der Waals surface area contributed by atoms with Crippen molar-refractivity contribution in [2.75, 3.05) is 0 Å². The van der Waals surface area contributed by atoms with Crippen molar-refractivity contribution < 1.29 is 0 Å². The number of benzene rings is 2. The molecule has 0 aliphatic heterocycles.